The molecule has 0 unspecified atom stereocenters. The lowest BCUT2D eigenvalue weighted by atomic mass is 10.1. The normalized spacial score (nSPS) is 13.4. The van der Waals surface area contributed by atoms with E-state index in [-0.39, 0.29) is 11.8 Å². The molecule has 0 saturated heterocycles. The number of carbonyl (C=O) groups excluding carboxylic acids is 2. The van der Waals surface area contributed by atoms with Gasteiger partial charge < -0.3 is 10.6 Å². The van der Waals surface area contributed by atoms with E-state index in [1.807, 2.05) is 24.3 Å². The molecule has 1 aliphatic carbocycles. The van der Waals surface area contributed by atoms with Crippen LogP contribution in [0.1, 0.15) is 41.6 Å². The Morgan fingerprint density at radius 1 is 1.12 bits per heavy atom. The summed E-state index contributed by atoms with van der Waals surface area (Å²) < 4.78 is 0. The van der Waals surface area contributed by atoms with Gasteiger partial charge in [0.2, 0.25) is 5.91 Å². The number of nitrogens with zero attached hydrogens (tertiary/aromatic N) is 1. The molecular weight excluding hydrogens is 314 g/mol. The minimum absolute atomic E-state index is 0.0894. The molecule has 1 aromatic carbocycles. The quantitative estimate of drug-likeness (QED) is 0.822. The number of rotatable bonds is 5. The summed E-state index contributed by atoms with van der Waals surface area (Å²) in [7, 11) is 0. The molecule has 1 heterocycles. The molecule has 1 saturated carbocycles. The summed E-state index contributed by atoms with van der Waals surface area (Å²) in [6, 6.07) is 10.9. The van der Waals surface area contributed by atoms with E-state index in [0.29, 0.717) is 12.1 Å². The fraction of sp³-hybridized carbons (Fsp3) is 0.250. The fourth-order valence-corrected chi connectivity index (χ4v) is 2.88. The van der Waals surface area contributed by atoms with Gasteiger partial charge >= 0.3 is 0 Å². The van der Waals surface area contributed by atoms with Crippen molar-refractivity contribution in [2.24, 2.45) is 0 Å². The third-order valence-corrected chi connectivity index (χ3v) is 4.15. The van der Waals surface area contributed by atoms with E-state index in [1.54, 1.807) is 24.4 Å². The number of amides is 2. The van der Waals surface area contributed by atoms with Crippen molar-refractivity contribution in [1.29, 1.82) is 0 Å². The van der Waals surface area contributed by atoms with Crippen molar-refractivity contribution in [2.45, 2.75) is 32.2 Å². The van der Waals surface area contributed by atoms with Gasteiger partial charge in [-0.2, -0.15) is 0 Å². The maximum absolute atomic E-state index is 12.1. The minimum Gasteiger partial charge on any atom is -0.348 e. The highest BCUT2D eigenvalue weighted by Gasteiger charge is 2.09. The first kappa shape index (κ1) is 16.9. The summed E-state index contributed by atoms with van der Waals surface area (Å²) in [5.41, 5.74) is 3.39. The van der Waals surface area contributed by atoms with Crippen molar-refractivity contribution in [1.82, 2.24) is 10.3 Å². The van der Waals surface area contributed by atoms with Crippen molar-refractivity contribution in [3.05, 3.63) is 71.6 Å². The predicted octanol–water partition coefficient (Wildman–Crippen LogP) is 3.45. The third kappa shape index (κ3) is 5.01. The number of aromatic nitrogens is 1. The molecule has 0 atom stereocenters. The van der Waals surface area contributed by atoms with E-state index in [1.165, 1.54) is 24.6 Å². The van der Waals surface area contributed by atoms with Gasteiger partial charge in [0.25, 0.3) is 5.91 Å². The van der Waals surface area contributed by atoms with Gasteiger partial charge in [-0.05, 0) is 55.5 Å². The van der Waals surface area contributed by atoms with Crippen LogP contribution in [0.5, 0.6) is 0 Å². The summed E-state index contributed by atoms with van der Waals surface area (Å²) in [5, 5.41) is 5.74. The van der Waals surface area contributed by atoms with Crippen LogP contribution in [0.25, 0.3) is 0 Å². The first-order valence-electron chi connectivity index (χ1n) is 8.48. The van der Waals surface area contributed by atoms with Crippen LogP contribution in [0, 0.1) is 0 Å². The number of hydrogen-bond acceptors (Lipinski definition) is 3. The monoisotopic (exact) mass is 335 g/mol. The van der Waals surface area contributed by atoms with Gasteiger partial charge in [-0.3, -0.25) is 14.6 Å². The Bertz CT molecular complexity index is 777. The molecule has 0 radical (unpaired) electrons. The second-order valence-corrected chi connectivity index (χ2v) is 6.12. The second-order valence-electron chi connectivity index (χ2n) is 6.12. The Morgan fingerprint density at radius 2 is 1.96 bits per heavy atom. The van der Waals surface area contributed by atoms with E-state index >= 15 is 0 Å². The number of anilines is 1. The van der Waals surface area contributed by atoms with Crippen molar-refractivity contribution in [3.63, 3.8) is 0 Å². The molecule has 1 aliphatic rings. The molecule has 1 fully saturated rings. The molecule has 5 heteroatoms. The standard InChI is InChI=1S/C20H21N3O2/c24-19(12-15-5-1-2-6-15)23-18-9-3-7-16(11-18)13-22-20(25)17-8-4-10-21-14-17/h3-4,7-12,14H,1-2,5-6,13H2,(H,22,25)(H,23,24). The summed E-state index contributed by atoms with van der Waals surface area (Å²) >= 11 is 0. The van der Waals surface area contributed by atoms with Crippen LogP contribution in [0.4, 0.5) is 5.69 Å². The predicted molar refractivity (Wildman–Crippen MR) is 97.0 cm³/mol. The zero-order chi connectivity index (χ0) is 17.5. The zero-order valence-electron chi connectivity index (χ0n) is 14.0. The van der Waals surface area contributed by atoms with Crippen LogP contribution in [-0.2, 0) is 11.3 Å². The average molecular weight is 335 g/mol. The Balaban J connectivity index is 1.57. The van der Waals surface area contributed by atoms with Gasteiger partial charge in [0.05, 0.1) is 5.56 Å². The first-order chi connectivity index (χ1) is 12.2. The van der Waals surface area contributed by atoms with Gasteiger partial charge in [-0.25, -0.2) is 0 Å². The van der Waals surface area contributed by atoms with Crippen molar-refractivity contribution >= 4 is 17.5 Å². The Kier molecular flexibility index (Phi) is 5.57. The Hall–Kier alpha value is -2.95. The zero-order valence-corrected chi connectivity index (χ0v) is 14.0. The number of carbonyl (C=O) groups is 2. The number of allylic oxidation sites excluding steroid dienone is 1. The van der Waals surface area contributed by atoms with Crippen LogP contribution in [0.15, 0.2) is 60.4 Å². The van der Waals surface area contributed by atoms with Crippen LogP contribution >= 0.6 is 0 Å². The molecule has 25 heavy (non-hydrogen) atoms. The second kappa shape index (κ2) is 8.24. The molecule has 3 rings (SSSR count). The highest BCUT2D eigenvalue weighted by atomic mass is 16.2. The SMILES string of the molecule is O=C(C=C1CCCC1)Nc1cccc(CNC(=O)c2cccnc2)c1. The van der Waals surface area contributed by atoms with Crippen LogP contribution in [0.3, 0.4) is 0 Å². The number of nitrogens with one attached hydrogen (secondary N) is 2. The molecule has 5 nitrogen and oxygen atoms in total. The Morgan fingerprint density at radius 3 is 2.72 bits per heavy atom. The van der Waals surface area contributed by atoms with Crippen LogP contribution in [0.2, 0.25) is 0 Å². The molecule has 128 valence electrons. The van der Waals surface area contributed by atoms with Crippen molar-refractivity contribution in [3.8, 4) is 0 Å². The molecule has 0 aliphatic heterocycles. The van der Waals surface area contributed by atoms with Crippen LogP contribution in [-0.4, -0.2) is 16.8 Å². The first-order valence-corrected chi connectivity index (χ1v) is 8.48. The lowest BCUT2D eigenvalue weighted by Crippen LogP contribution is -2.22. The number of hydrogen-bond donors (Lipinski definition) is 2. The van der Waals surface area contributed by atoms with Gasteiger partial charge in [0.15, 0.2) is 0 Å². The number of benzene rings is 1. The van der Waals surface area contributed by atoms with E-state index in [2.05, 4.69) is 15.6 Å². The van der Waals surface area contributed by atoms with Crippen LogP contribution < -0.4 is 10.6 Å². The molecular formula is C20H21N3O2. The molecule has 2 amide bonds. The highest BCUT2D eigenvalue weighted by molar-refractivity contribution is 5.99. The maximum atomic E-state index is 12.1. The summed E-state index contributed by atoms with van der Waals surface area (Å²) in [5.74, 6) is -0.262. The largest absolute Gasteiger partial charge is 0.348 e. The Labute approximate surface area is 147 Å². The lowest BCUT2D eigenvalue weighted by Gasteiger charge is -2.08. The summed E-state index contributed by atoms with van der Waals surface area (Å²) in [4.78, 5) is 28.0. The van der Waals surface area contributed by atoms with Crippen molar-refractivity contribution < 1.29 is 9.59 Å². The van der Waals surface area contributed by atoms with E-state index in [0.717, 1.165) is 24.1 Å². The molecule has 0 bridgehead atoms. The number of pyridine rings is 1. The average Bonchev–Trinajstić information content (AvgIpc) is 3.13. The lowest BCUT2D eigenvalue weighted by molar-refractivity contribution is -0.112. The third-order valence-electron chi connectivity index (χ3n) is 4.15. The van der Waals surface area contributed by atoms with Gasteiger partial charge in [-0.1, -0.05) is 17.7 Å². The van der Waals surface area contributed by atoms with Gasteiger partial charge in [-0.15, -0.1) is 0 Å². The fourth-order valence-electron chi connectivity index (χ4n) is 2.88. The van der Waals surface area contributed by atoms with Gasteiger partial charge in [0, 0.05) is 30.7 Å². The van der Waals surface area contributed by atoms with Gasteiger partial charge in [0.1, 0.15) is 0 Å². The molecule has 1 aromatic heterocycles. The molecule has 2 aromatic rings. The van der Waals surface area contributed by atoms with E-state index in [4.69, 9.17) is 0 Å². The summed E-state index contributed by atoms with van der Waals surface area (Å²) in [6.07, 6.45) is 9.26. The van der Waals surface area contributed by atoms with Crippen molar-refractivity contribution in [2.75, 3.05) is 5.32 Å². The molecule has 0 spiro atoms. The minimum atomic E-state index is -0.173. The molecule has 2 N–H and O–H groups in total. The maximum Gasteiger partial charge on any atom is 0.253 e. The topological polar surface area (TPSA) is 71.1 Å². The van der Waals surface area contributed by atoms with E-state index < -0.39 is 0 Å². The highest BCUT2D eigenvalue weighted by Crippen LogP contribution is 2.23. The summed E-state index contributed by atoms with van der Waals surface area (Å²) in [6.45, 7) is 0.387. The van der Waals surface area contributed by atoms with E-state index in [9.17, 15) is 9.59 Å². The smallest absolute Gasteiger partial charge is 0.253 e.